The topological polar surface area (TPSA) is 54.5 Å². The Kier molecular flexibility index (Phi) is 3.59. The first kappa shape index (κ1) is 13.6. The molecule has 5 heteroatoms. The summed E-state index contributed by atoms with van der Waals surface area (Å²) in [5.41, 5.74) is 2.14. The molecule has 0 N–H and O–H groups in total. The zero-order valence-corrected chi connectivity index (χ0v) is 11.9. The molecule has 0 spiro atoms. The highest BCUT2D eigenvalue weighted by Gasteiger charge is 2.25. The van der Waals surface area contributed by atoms with Gasteiger partial charge in [0.25, 0.3) is 0 Å². The fourth-order valence-corrected chi connectivity index (χ4v) is 2.13. The highest BCUT2D eigenvalue weighted by atomic mass is 35.5. The summed E-state index contributed by atoms with van der Waals surface area (Å²) in [5.74, 6) is 0. The lowest BCUT2D eigenvalue weighted by Crippen LogP contribution is -2.20. The van der Waals surface area contributed by atoms with E-state index in [4.69, 9.17) is 16.9 Å². The molecule has 0 unspecified atom stereocenters. The third kappa shape index (κ3) is 2.94. The predicted octanol–water partition coefficient (Wildman–Crippen LogP) is 3.15. The van der Waals surface area contributed by atoms with Gasteiger partial charge in [-0.05, 0) is 17.7 Å². The average Bonchev–Trinajstić information content (AvgIpc) is 2.75. The molecule has 2 rings (SSSR count). The Labute approximate surface area is 117 Å². The van der Waals surface area contributed by atoms with Crippen LogP contribution in [-0.2, 0) is 12.0 Å². The molecule has 1 heterocycles. The summed E-state index contributed by atoms with van der Waals surface area (Å²) in [6.07, 6.45) is 0. The van der Waals surface area contributed by atoms with Crippen LogP contribution in [0.1, 0.15) is 37.7 Å². The molecule has 0 amide bonds. The molecule has 19 heavy (non-hydrogen) atoms. The van der Waals surface area contributed by atoms with Crippen molar-refractivity contribution in [3.8, 4) is 6.07 Å². The van der Waals surface area contributed by atoms with E-state index in [1.165, 1.54) is 0 Å². The number of hydrogen-bond donors (Lipinski definition) is 0. The minimum atomic E-state index is -0.180. The van der Waals surface area contributed by atoms with Crippen molar-refractivity contribution in [3.63, 3.8) is 0 Å². The van der Waals surface area contributed by atoms with E-state index < -0.39 is 0 Å². The predicted molar refractivity (Wildman–Crippen MR) is 74.0 cm³/mol. The Hall–Kier alpha value is -1.86. The van der Waals surface area contributed by atoms with Crippen LogP contribution in [0.3, 0.4) is 0 Å². The van der Waals surface area contributed by atoms with Gasteiger partial charge in [-0.3, -0.25) is 0 Å². The highest BCUT2D eigenvalue weighted by molar-refractivity contribution is 6.30. The zero-order chi connectivity index (χ0) is 14.0. The van der Waals surface area contributed by atoms with Crippen LogP contribution in [0.15, 0.2) is 24.3 Å². The van der Waals surface area contributed by atoms with Crippen LogP contribution < -0.4 is 0 Å². The number of aromatic nitrogens is 3. The minimum absolute atomic E-state index is 0.180. The standard InChI is InChI=1S/C14H15ClN4/c1-14(2,3)13-12(8-16)17-18-19(13)9-10-4-6-11(15)7-5-10/h4-7H,9H2,1-3H3. The van der Waals surface area contributed by atoms with E-state index in [2.05, 4.69) is 16.4 Å². The molecule has 0 saturated heterocycles. The van der Waals surface area contributed by atoms with Gasteiger partial charge in [-0.2, -0.15) is 5.26 Å². The summed E-state index contributed by atoms with van der Waals surface area (Å²) in [4.78, 5) is 0. The quantitative estimate of drug-likeness (QED) is 0.845. The van der Waals surface area contributed by atoms with Crippen LogP contribution in [0, 0.1) is 11.3 Å². The molecule has 0 radical (unpaired) electrons. The molecule has 0 fully saturated rings. The third-order valence-electron chi connectivity index (χ3n) is 2.80. The fourth-order valence-electron chi connectivity index (χ4n) is 2.00. The van der Waals surface area contributed by atoms with Crippen molar-refractivity contribution in [1.82, 2.24) is 15.0 Å². The van der Waals surface area contributed by atoms with Crippen molar-refractivity contribution in [2.45, 2.75) is 32.7 Å². The van der Waals surface area contributed by atoms with Crippen LogP contribution in [0.5, 0.6) is 0 Å². The van der Waals surface area contributed by atoms with E-state index in [1.54, 1.807) is 4.68 Å². The molecule has 2 aromatic rings. The fraction of sp³-hybridized carbons (Fsp3) is 0.357. The van der Waals surface area contributed by atoms with Gasteiger partial charge in [0.05, 0.1) is 12.2 Å². The van der Waals surface area contributed by atoms with Crippen molar-refractivity contribution >= 4 is 11.6 Å². The summed E-state index contributed by atoms with van der Waals surface area (Å²) >= 11 is 5.87. The number of rotatable bonds is 2. The van der Waals surface area contributed by atoms with Crippen molar-refractivity contribution < 1.29 is 0 Å². The van der Waals surface area contributed by atoms with Crippen molar-refractivity contribution in [2.75, 3.05) is 0 Å². The van der Waals surface area contributed by atoms with Crippen LogP contribution >= 0.6 is 11.6 Å². The van der Waals surface area contributed by atoms with Crippen LogP contribution in [0.4, 0.5) is 0 Å². The summed E-state index contributed by atoms with van der Waals surface area (Å²) < 4.78 is 1.78. The summed E-state index contributed by atoms with van der Waals surface area (Å²) in [7, 11) is 0. The van der Waals surface area contributed by atoms with Crippen molar-refractivity contribution in [3.05, 3.63) is 46.2 Å². The Morgan fingerprint density at radius 1 is 1.26 bits per heavy atom. The van der Waals surface area contributed by atoms with Crippen LogP contribution in [-0.4, -0.2) is 15.0 Å². The van der Waals surface area contributed by atoms with E-state index in [1.807, 2.05) is 45.0 Å². The first-order valence-electron chi connectivity index (χ1n) is 6.00. The molecule has 0 aliphatic rings. The van der Waals surface area contributed by atoms with Gasteiger partial charge < -0.3 is 0 Å². The van der Waals surface area contributed by atoms with Gasteiger partial charge in [0.15, 0.2) is 5.69 Å². The highest BCUT2D eigenvalue weighted by Crippen LogP contribution is 2.25. The number of benzene rings is 1. The van der Waals surface area contributed by atoms with E-state index in [0.717, 1.165) is 11.3 Å². The second-order valence-electron chi connectivity index (χ2n) is 5.43. The summed E-state index contributed by atoms with van der Waals surface area (Å²) in [5, 5.41) is 17.8. The second kappa shape index (κ2) is 5.02. The van der Waals surface area contributed by atoms with E-state index in [9.17, 15) is 0 Å². The molecule has 4 nitrogen and oxygen atoms in total. The normalized spacial score (nSPS) is 11.3. The maximum Gasteiger partial charge on any atom is 0.186 e. The monoisotopic (exact) mass is 274 g/mol. The number of nitriles is 1. The first-order valence-corrected chi connectivity index (χ1v) is 6.38. The summed E-state index contributed by atoms with van der Waals surface area (Å²) in [6, 6.07) is 9.68. The Bertz CT molecular complexity index is 614. The van der Waals surface area contributed by atoms with Crippen molar-refractivity contribution in [1.29, 1.82) is 5.26 Å². The Balaban J connectivity index is 2.39. The SMILES string of the molecule is CC(C)(C)c1c(C#N)nnn1Cc1ccc(Cl)cc1. The molecule has 1 aromatic carbocycles. The lowest BCUT2D eigenvalue weighted by molar-refractivity contribution is 0.501. The number of nitrogens with zero attached hydrogens (tertiary/aromatic N) is 4. The molecule has 0 saturated carbocycles. The maximum absolute atomic E-state index is 9.11. The van der Waals surface area contributed by atoms with Gasteiger partial charge in [-0.15, -0.1) is 5.10 Å². The van der Waals surface area contributed by atoms with E-state index in [-0.39, 0.29) is 5.41 Å². The molecule has 98 valence electrons. The lowest BCUT2D eigenvalue weighted by atomic mass is 9.90. The Morgan fingerprint density at radius 2 is 1.89 bits per heavy atom. The molecule has 1 aromatic heterocycles. The van der Waals surface area contributed by atoms with Gasteiger partial charge in [-0.25, -0.2) is 4.68 Å². The van der Waals surface area contributed by atoms with Crippen molar-refractivity contribution in [2.24, 2.45) is 0 Å². The molecule has 0 aliphatic carbocycles. The smallest absolute Gasteiger partial charge is 0.186 e. The molecule has 0 atom stereocenters. The van der Waals surface area contributed by atoms with Gasteiger partial charge in [0, 0.05) is 10.4 Å². The average molecular weight is 275 g/mol. The molecular weight excluding hydrogens is 260 g/mol. The number of hydrogen-bond acceptors (Lipinski definition) is 3. The third-order valence-corrected chi connectivity index (χ3v) is 3.05. The second-order valence-corrected chi connectivity index (χ2v) is 5.87. The minimum Gasteiger partial charge on any atom is -0.243 e. The first-order chi connectivity index (χ1) is 8.91. The van der Waals surface area contributed by atoms with E-state index >= 15 is 0 Å². The largest absolute Gasteiger partial charge is 0.243 e. The van der Waals surface area contributed by atoms with Gasteiger partial charge >= 0.3 is 0 Å². The van der Waals surface area contributed by atoms with Gasteiger partial charge in [0.1, 0.15) is 6.07 Å². The zero-order valence-electron chi connectivity index (χ0n) is 11.2. The van der Waals surface area contributed by atoms with Crippen LogP contribution in [0.2, 0.25) is 5.02 Å². The molecule has 0 bridgehead atoms. The Morgan fingerprint density at radius 3 is 2.42 bits per heavy atom. The molecule has 0 aliphatic heterocycles. The lowest BCUT2D eigenvalue weighted by Gasteiger charge is -2.19. The number of halogens is 1. The molecular formula is C14H15ClN4. The summed E-state index contributed by atoms with van der Waals surface area (Å²) in [6.45, 7) is 6.72. The van der Waals surface area contributed by atoms with Gasteiger partial charge in [-0.1, -0.05) is 49.7 Å². The van der Waals surface area contributed by atoms with Gasteiger partial charge in [0.2, 0.25) is 0 Å². The maximum atomic E-state index is 9.11. The van der Waals surface area contributed by atoms with Crippen LogP contribution in [0.25, 0.3) is 0 Å². The van der Waals surface area contributed by atoms with E-state index in [0.29, 0.717) is 17.3 Å².